The number of halogens is 1. The van der Waals surface area contributed by atoms with Gasteiger partial charge in [0.1, 0.15) is 5.69 Å². The van der Waals surface area contributed by atoms with E-state index >= 15 is 0 Å². The quantitative estimate of drug-likeness (QED) is 0.922. The second kappa shape index (κ2) is 6.36. The van der Waals surface area contributed by atoms with Crippen molar-refractivity contribution in [1.29, 1.82) is 0 Å². The fourth-order valence-electron chi connectivity index (χ4n) is 3.19. The lowest BCUT2D eigenvalue weighted by Crippen LogP contribution is -2.44. The van der Waals surface area contributed by atoms with E-state index in [4.69, 9.17) is 11.6 Å². The van der Waals surface area contributed by atoms with Crippen LogP contribution in [-0.4, -0.2) is 36.0 Å². The number of piperidine rings is 1. The molecule has 2 aliphatic rings. The van der Waals surface area contributed by atoms with Crippen molar-refractivity contribution in [2.75, 3.05) is 25.0 Å². The molecule has 1 N–H and O–H groups in total. The van der Waals surface area contributed by atoms with Crippen molar-refractivity contribution in [3.05, 3.63) is 21.6 Å². The van der Waals surface area contributed by atoms with Crippen LogP contribution in [0.3, 0.4) is 0 Å². The van der Waals surface area contributed by atoms with E-state index in [1.165, 1.54) is 19.3 Å². The van der Waals surface area contributed by atoms with Gasteiger partial charge in [0.15, 0.2) is 0 Å². The van der Waals surface area contributed by atoms with Gasteiger partial charge in [0, 0.05) is 25.7 Å². The van der Waals surface area contributed by atoms with Crippen LogP contribution in [0, 0.1) is 5.92 Å². The van der Waals surface area contributed by atoms with Gasteiger partial charge in [-0.25, -0.2) is 4.68 Å². The fraction of sp³-hybridized carbons (Fsp3) is 0.733. The van der Waals surface area contributed by atoms with Crippen LogP contribution in [0.25, 0.3) is 0 Å². The first-order chi connectivity index (χ1) is 10.2. The number of nitrogens with one attached hydrogen (secondary N) is 1. The van der Waals surface area contributed by atoms with Gasteiger partial charge < -0.3 is 10.2 Å². The predicted octanol–water partition coefficient (Wildman–Crippen LogP) is 1.88. The van der Waals surface area contributed by atoms with E-state index in [0.717, 1.165) is 32.5 Å². The normalized spacial score (nSPS) is 20.6. The van der Waals surface area contributed by atoms with Crippen LogP contribution in [0.4, 0.5) is 5.69 Å². The highest BCUT2D eigenvalue weighted by molar-refractivity contribution is 6.33. The van der Waals surface area contributed by atoms with E-state index in [1.807, 2.05) is 7.05 Å². The molecule has 1 aliphatic carbocycles. The molecule has 5 nitrogen and oxygen atoms in total. The van der Waals surface area contributed by atoms with E-state index in [2.05, 4.69) is 15.3 Å². The maximum Gasteiger partial charge on any atom is 0.291 e. The van der Waals surface area contributed by atoms with Gasteiger partial charge in [-0.15, -0.1) is 0 Å². The molecular weight excluding hydrogens is 288 g/mol. The van der Waals surface area contributed by atoms with E-state index in [-0.39, 0.29) is 5.56 Å². The van der Waals surface area contributed by atoms with E-state index < -0.39 is 0 Å². The molecule has 0 unspecified atom stereocenters. The molecule has 0 spiro atoms. The van der Waals surface area contributed by atoms with E-state index in [9.17, 15) is 4.79 Å². The molecule has 6 heteroatoms. The molecule has 2 fully saturated rings. The highest BCUT2D eigenvalue weighted by Crippen LogP contribution is 2.28. The summed E-state index contributed by atoms with van der Waals surface area (Å²) in [4.78, 5) is 14.8. The molecule has 1 saturated heterocycles. The zero-order chi connectivity index (χ0) is 14.8. The Bertz CT molecular complexity index is 547. The first kappa shape index (κ1) is 14.9. The summed E-state index contributed by atoms with van der Waals surface area (Å²) in [5.74, 6) is 0.610. The van der Waals surface area contributed by atoms with Crippen LogP contribution in [0.2, 0.25) is 5.02 Å². The Labute approximate surface area is 130 Å². The maximum absolute atomic E-state index is 12.7. The van der Waals surface area contributed by atoms with Crippen molar-refractivity contribution in [2.45, 2.75) is 44.7 Å². The third-order valence-corrected chi connectivity index (χ3v) is 5.13. The van der Waals surface area contributed by atoms with Crippen molar-refractivity contribution in [3.63, 3.8) is 0 Å². The highest BCUT2D eigenvalue weighted by Gasteiger charge is 2.25. The monoisotopic (exact) mass is 310 g/mol. The van der Waals surface area contributed by atoms with Crippen LogP contribution in [0.1, 0.15) is 32.1 Å². The van der Waals surface area contributed by atoms with Gasteiger partial charge in [0.25, 0.3) is 5.56 Å². The van der Waals surface area contributed by atoms with E-state index in [1.54, 1.807) is 10.9 Å². The topological polar surface area (TPSA) is 50.2 Å². The average molecular weight is 311 g/mol. The van der Waals surface area contributed by atoms with Crippen LogP contribution in [-0.2, 0) is 6.54 Å². The predicted molar refractivity (Wildman–Crippen MR) is 85.1 cm³/mol. The van der Waals surface area contributed by atoms with Crippen LogP contribution >= 0.6 is 11.6 Å². The summed E-state index contributed by atoms with van der Waals surface area (Å²) in [6.45, 7) is 2.47. The Balaban J connectivity index is 1.80. The van der Waals surface area contributed by atoms with E-state index in [0.29, 0.717) is 22.7 Å². The van der Waals surface area contributed by atoms with Gasteiger partial charge in [0.2, 0.25) is 0 Å². The molecule has 2 heterocycles. The molecule has 0 atom stereocenters. The second-order valence-corrected chi connectivity index (χ2v) is 6.58. The highest BCUT2D eigenvalue weighted by atomic mass is 35.5. The zero-order valence-corrected chi connectivity index (χ0v) is 13.3. The number of nitrogens with zero attached hydrogens (tertiary/aromatic N) is 3. The lowest BCUT2D eigenvalue weighted by atomic mass is 9.85. The Morgan fingerprint density at radius 2 is 2.05 bits per heavy atom. The molecule has 116 valence electrons. The number of aromatic nitrogens is 2. The lowest BCUT2D eigenvalue weighted by Gasteiger charge is -2.33. The molecule has 0 radical (unpaired) electrons. The second-order valence-electron chi connectivity index (χ2n) is 6.18. The van der Waals surface area contributed by atoms with Crippen molar-refractivity contribution in [3.8, 4) is 0 Å². The number of rotatable bonds is 4. The van der Waals surface area contributed by atoms with Crippen molar-refractivity contribution < 1.29 is 0 Å². The summed E-state index contributed by atoms with van der Waals surface area (Å²) in [6, 6.07) is 0.541. The third kappa shape index (κ3) is 3.09. The van der Waals surface area contributed by atoms with Crippen LogP contribution in [0.15, 0.2) is 11.0 Å². The largest absolute Gasteiger partial charge is 0.366 e. The molecule has 1 aromatic rings. The molecule has 1 saturated carbocycles. The minimum Gasteiger partial charge on any atom is -0.366 e. The lowest BCUT2D eigenvalue weighted by molar-refractivity contribution is 0.261. The van der Waals surface area contributed by atoms with Gasteiger partial charge in [-0.3, -0.25) is 4.79 Å². The Morgan fingerprint density at radius 3 is 2.62 bits per heavy atom. The fourth-order valence-corrected chi connectivity index (χ4v) is 3.43. The molecule has 1 aromatic heterocycles. The Kier molecular flexibility index (Phi) is 4.50. The smallest absolute Gasteiger partial charge is 0.291 e. The van der Waals surface area contributed by atoms with Crippen LogP contribution < -0.4 is 15.8 Å². The standard InChI is InChI=1S/C15H23ClN4O/c1-17-12-5-7-19(8-6-12)14-13(16)9-18-20(15(14)21)10-11-3-2-4-11/h9,11-12,17H,2-8,10H2,1H3. The third-order valence-electron chi connectivity index (χ3n) is 4.85. The summed E-state index contributed by atoms with van der Waals surface area (Å²) < 4.78 is 1.61. The Morgan fingerprint density at radius 1 is 1.33 bits per heavy atom. The molecule has 0 amide bonds. The SMILES string of the molecule is CNC1CCN(c2c(Cl)cnn(CC3CCC3)c2=O)CC1. The van der Waals surface area contributed by atoms with Crippen molar-refractivity contribution in [1.82, 2.24) is 15.1 Å². The molecular formula is C15H23ClN4O. The van der Waals surface area contributed by atoms with Crippen molar-refractivity contribution in [2.24, 2.45) is 5.92 Å². The van der Waals surface area contributed by atoms with Gasteiger partial charge in [0.05, 0.1) is 11.2 Å². The summed E-state index contributed by atoms with van der Waals surface area (Å²) in [5, 5.41) is 8.00. The van der Waals surface area contributed by atoms with Crippen LogP contribution in [0.5, 0.6) is 0 Å². The van der Waals surface area contributed by atoms with Gasteiger partial charge in [-0.1, -0.05) is 18.0 Å². The van der Waals surface area contributed by atoms with Crippen molar-refractivity contribution >= 4 is 17.3 Å². The number of hydrogen-bond acceptors (Lipinski definition) is 4. The summed E-state index contributed by atoms with van der Waals surface area (Å²) in [7, 11) is 1.99. The molecule has 3 rings (SSSR count). The number of hydrogen-bond donors (Lipinski definition) is 1. The average Bonchev–Trinajstić information content (AvgIpc) is 2.45. The first-order valence-electron chi connectivity index (χ1n) is 7.87. The van der Waals surface area contributed by atoms with Gasteiger partial charge in [-0.2, -0.15) is 5.10 Å². The summed E-state index contributed by atoms with van der Waals surface area (Å²) in [5.41, 5.74) is 0.609. The summed E-state index contributed by atoms with van der Waals surface area (Å²) >= 11 is 6.26. The van der Waals surface area contributed by atoms with Gasteiger partial charge in [-0.05, 0) is 38.6 Å². The number of anilines is 1. The Hall–Kier alpha value is -1.07. The zero-order valence-electron chi connectivity index (χ0n) is 12.5. The van der Waals surface area contributed by atoms with Gasteiger partial charge >= 0.3 is 0 Å². The maximum atomic E-state index is 12.7. The minimum absolute atomic E-state index is 0.0303. The first-order valence-corrected chi connectivity index (χ1v) is 8.24. The molecule has 0 aromatic carbocycles. The minimum atomic E-state index is -0.0303. The summed E-state index contributed by atoms with van der Waals surface area (Å²) in [6.07, 6.45) is 7.40. The molecule has 21 heavy (non-hydrogen) atoms. The molecule has 1 aliphatic heterocycles. The molecule has 0 bridgehead atoms.